The molecule has 0 amide bonds. The van der Waals surface area contributed by atoms with Gasteiger partial charge in [0.05, 0.1) is 10.5 Å². The van der Waals surface area contributed by atoms with Crippen LogP contribution in [0.3, 0.4) is 0 Å². The van der Waals surface area contributed by atoms with Crippen LogP contribution in [0.5, 0.6) is 0 Å². The van der Waals surface area contributed by atoms with Gasteiger partial charge in [-0.15, -0.1) is 11.3 Å². The molecule has 1 N–H and O–H groups in total. The number of carboxylic acids is 1. The second-order valence-electron chi connectivity index (χ2n) is 6.38. The van der Waals surface area contributed by atoms with Crippen molar-refractivity contribution in [2.75, 3.05) is 10.8 Å². The van der Waals surface area contributed by atoms with Gasteiger partial charge in [-0.3, -0.25) is 0 Å². The number of benzene rings is 2. The van der Waals surface area contributed by atoms with E-state index >= 15 is 0 Å². The fourth-order valence-corrected chi connectivity index (χ4v) is 5.32. The second kappa shape index (κ2) is 8.52. The number of anilines is 1. The minimum atomic E-state index is -3.97. The van der Waals surface area contributed by atoms with E-state index in [0.29, 0.717) is 27.8 Å². The number of hydrogen-bond donors (Lipinski definition) is 1. The van der Waals surface area contributed by atoms with Crippen molar-refractivity contribution in [2.45, 2.75) is 25.2 Å². The lowest BCUT2D eigenvalue weighted by atomic mass is 10.1. The maximum absolute atomic E-state index is 13.3. The zero-order chi connectivity index (χ0) is 21.2. The Balaban J connectivity index is 2.02. The SMILES string of the molecule is CCCN(c1csc(-c2ccc(Cl)cc2)n1)S(=O)(=O)c1ccc(C)c(C(=O)O)c1. The highest BCUT2D eigenvalue weighted by Crippen LogP contribution is 2.31. The number of hydrogen-bond acceptors (Lipinski definition) is 5. The molecule has 2 aromatic carbocycles. The summed E-state index contributed by atoms with van der Waals surface area (Å²) < 4.78 is 27.8. The van der Waals surface area contributed by atoms with Gasteiger partial charge < -0.3 is 5.11 Å². The van der Waals surface area contributed by atoms with Crippen LogP contribution in [0.4, 0.5) is 5.82 Å². The van der Waals surface area contributed by atoms with E-state index in [9.17, 15) is 18.3 Å². The first-order valence-electron chi connectivity index (χ1n) is 8.82. The molecule has 0 spiro atoms. The van der Waals surface area contributed by atoms with E-state index in [1.54, 1.807) is 24.4 Å². The lowest BCUT2D eigenvalue weighted by Gasteiger charge is -2.22. The maximum Gasteiger partial charge on any atom is 0.335 e. The monoisotopic (exact) mass is 450 g/mol. The Morgan fingerprint density at radius 3 is 2.52 bits per heavy atom. The molecule has 3 rings (SSSR count). The van der Waals surface area contributed by atoms with Gasteiger partial charge >= 0.3 is 5.97 Å². The summed E-state index contributed by atoms with van der Waals surface area (Å²) in [6, 6.07) is 11.3. The summed E-state index contributed by atoms with van der Waals surface area (Å²) in [5.41, 5.74) is 1.29. The molecule has 1 heterocycles. The predicted molar refractivity (Wildman–Crippen MR) is 116 cm³/mol. The number of aromatic carboxylic acids is 1. The van der Waals surface area contributed by atoms with Crippen molar-refractivity contribution in [1.82, 2.24) is 4.98 Å². The van der Waals surface area contributed by atoms with Crippen LogP contribution < -0.4 is 4.31 Å². The van der Waals surface area contributed by atoms with Crippen LogP contribution in [0.15, 0.2) is 52.7 Å². The van der Waals surface area contributed by atoms with E-state index < -0.39 is 16.0 Å². The zero-order valence-electron chi connectivity index (χ0n) is 15.8. The van der Waals surface area contributed by atoms with Crippen molar-refractivity contribution in [3.8, 4) is 10.6 Å². The molecule has 0 aliphatic heterocycles. The van der Waals surface area contributed by atoms with Crippen LogP contribution in [0.25, 0.3) is 10.6 Å². The van der Waals surface area contributed by atoms with Crippen molar-refractivity contribution in [3.63, 3.8) is 0 Å². The first-order valence-corrected chi connectivity index (χ1v) is 11.5. The van der Waals surface area contributed by atoms with Gasteiger partial charge in [0, 0.05) is 22.5 Å². The fourth-order valence-electron chi connectivity index (χ4n) is 2.79. The zero-order valence-corrected chi connectivity index (χ0v) is 18.2. The van der Waals surface area contributed by atoms with E-state index in [1.165, 1.54) is 33.8 Å². The van der Waals surface area contributed by atoms with Gasteiger partial charge in [0.25, 0.3) is 10.0 Å². The summed E-state index contributed by atoms with van der Waals surface area (Å²) in [4.78, 5) is 15.8. The number of sulfonamides is 1. The summed E-state index contributed by atoms with van der Waals surface area (Å²) >= 11 is 7.25. The number of carboxylic acid groups (broad SMARTS) is 1. The van der Waals surface area contributed by atoms with Gasteiger partial charge in [0.1, 0.15) is 5.01 Å². The van der Waals surface area contributed by atoms with Crippen LogP contribution in [0.2, 0.25) is 5.02 Å². The van der Waals surface area contributed by atoms with Crippen molar-refractivity contribution in [1.29, 1.82) is 0 Å². The molecule has 0 radical (unpaired) electrons. The highest BCUT2D eigenvalue weighted by Gasteiger charge is 2.27. The van der Waals surface area contributed by atoms with E-state index in [4.69, 9.17) is 11.6 Å². The third kappa shape index (κ3) is 4.44. The molecule has 0 saturated heterocycles. The third-order valence-electron chi connectivity index (χ3n) is 4.29. The minimum Gasteiger partial charge on any atom is -0.478 e. The van der Waals surface area contributed by atoms with Crippen molar-refractivity contribution in [2.24, 2.45) is 0 Å². The van der Waals surface area contributed by atoms with Crippen molar-refractivity contribution >= 4 is 44.7 Å². The molecule has 29 heavy (non-hydrogen) atoms. The summed E-state index contributed by atoms with van der Waals surface area (Å²) in [5.74, 6) is -0.862. The Labute approximate surface area is 178 Å². The van der Waals surface area contributed by atoms with Crippen molar-refractivity contribution < 1.29 is 18.3 Å². The Morgan fingerprint density at radius 2 is 1.90 bits per heavy atom. The lowest BCUT2D eigenvalue weighted by Crippen LogP contribution is -2.32. The Morgan fingerprint density at radius 1 is 1.21 bits per heavy atom. The topological polar surface area (TPSA) is 87.6 Å². The van der Waals surface area contributed by atoms with Crippen molar-refractivity contribution in [3.05, 3.63) is 64.0 Å². The highest BCUT2D eigenvalue weighted by atomic mass is 35.5. The Hall–Kier alpha value is -2.42. The van der Waals surface area contributed by atoms with E-state index in [-0.39, 0.29) is 17.0 Å². The predicted octanol–water partition coefficient (Wildman–Crippen LogP) is 5.08. The van der Waals surface area contributed by atoms with Crippen LogP contribution in [-0.4, -0.2) is 31.0 Å². The van der Waals surface area contributed by atoms with Gasteiger partial charge in [-0.05, 0) is 43.2 Å². The molecular weight excluding hydrogens is 432 g/mol. The van der Waals surface area contributed by atoms with E-state index in [2.05, 4.69) is 4.98 Å². The van der Waals surface area contributed by atoms with Gasteiger partial charge in [-0.2, -0.15) is 0 Å². The lowest BCUT2D eigenvalue weighted by molar-refractivity contribution is 0.0696. The fraction of sp³-hybridized carbons (Fsp3) is 0.200. The molecular formula is C20H19ClN2O4S2. The number of thiazole rings is 1. The van der Waals surface area contributed by atoms with Gasteiger partial charge in [0.2, 0.25) is 0 Å². The molecule has 6 nitrogen and oxygen atoms in total. The molecule has 0 fully saturated rings. The molecule has 0 bridgehead atoms. The summed E-state index contributed by atoms with van der Waals surface area (Å²) in [6.45, 7) is 3.72. The normalized spacial score (nSPS) is 11.4. The average molecular weight is 451 g/mol. The number of nitrogens with zero attached hydrogens (tertiary/aromatic N) is 2. The first kappa shape index (κ1) is 21.3. The number of rotatable bonds is 7. The van der Waals surface area contributed by atoms with Crippen LogP contribution in [-0.2, 0) is 10.0 Å². The smallest absolute Gasteiger partial charge is 0.335 e. The molecule has 0 aliphatic rings. The van der Waals surface area contributed by atoms with Crippen LogP contribution in [0.1, 0.15) is 29.3 Å². The van der Waals surface area contributed by atoms with Gasteiger partial charge in [0.15, 0.2) is 5.82 Å². The summed E-state index contributed by atoms with van der Waals surface area (Å²) in [7, 11) is -3.97. The molecule has 3 aromatic rings. The summed E-state index contributed by atoms with van der Waals surface area (Å²) in [5, 5.41) is 12.3. The highest BCUT2D eigenvalue weighted by molar-refractivity contribution is 7.92. The van der Waals surface area contributed by atoms with Crippen LogP contribution in [0, 0.1) is 6.92 Å². The third-order valence-corrected chi connectivity index (χ3v) is 7.22. The quantitative estimate of drug-likeness (QED) is 0.542. The molecule has 152 valence electrons. The van der Waals surface area contributed by atoms with E-state index in [1.807, 2.05) is 19.1 Å². The standard InChI is InChI=1S/C20H19ClN2O4S2/c1-3-10-23(18-12-28-19(22-18)14-5-7-15(21)8-6-14)29(26,27)16-9-4-13(2)17(11-16)20(24)25/h4-9,11-12H,3,10H2,1-2H3,(H,24,25). The van der Waals surface area contributed by atoms with Gasteiger partial charge in [-0.1, -0.05) is 36.7 Å². The number of carbonyl (C=O) groups is 1. The van der Waals surface area contributed by atoms with Gasteiger partial charge in [-0.25, -0.2) is 22.5 Å². The molecule has 1 aromatic heterocycles. The summed E-state index contributed by atoms with van der Waals surface area (Å²) in [6.07, 6.45) is 0.574. The molecule has 0 atom stereocenters. The first-order chi connectivity index (χ1) is 13.7. The minimum absolute atomic E-state index is 0.0392. The van der Waals surface area contributed by atoms with Crippen LogP contribution >= 0.6 is 22.9 Å². The average Bonchev–Trinajstić information content (AvgIpc) is 3.16. The van der Waals surface area contributed by atoms with E-state index in [0.717, 1.165) is 5.56 Å². The molecule has 0 unspecified atom stereocenters. The number of aryl methyl sites for hydroxylation is 1. The molecule has 0 aliphatic carbocycles. The maximum atomic E-state index is 13.3. The Bertz CT molecular complexity index is 1140. The number of halogens is 1. The molecule has 9 heteroatoms. The molecule has 0 saturated carbocycles. The Kier molecular flexibility index (Phi) is 6.26. The number of aromatic nitrogens is 1. The second-order valence-corrected chi connectivity index (χ2v) is 9.53. The largest absolute Gasteiger partial charge is 0.478 e.